The summed E-state index contributed by atoms with van der Waals surface area (Å²) in [5.41, 5.74) is 8.95. The lowest BCUT2D eigenvalue weighted by molar-refractivity contribution is -0.137. The highest BCUT2D eigenvalue weighted by molar-refractivity contribution is 6.34. The summed E-state index contributed by atoms with van der Waals surface area (Å²) in [5.74, 6) is -1.97. The van der Waals surface area contributed by atoms with Crippen molar-refractivity contribution in [1.82, 2.24) is 5.43 Å². The summed E-state index contributed by atoms with van der Waals surface area (Å²) in [6.07, 6.45) is 1.41. The van der Waals surface area contributed by atoms with Gasteiger partial charge in [-0.05, 0) is 31.0 Å². The number of amides is 3. The minimum absolute atomic E-state index is 0.101. The molecule has 1 saturated heterocycles. The van der Waals surface area contributed by atoms with Crippen molar-refractivity contribution in [1.29, 1.82) is 0 Å². The first-order valence-electron chi connectivity index (χ1n) is 6.54. The van der Waals surface area contributed by atoms with E-state index < -0.39 is 11.8 Å². The second kappa shape index (κ2) is 6.17. The predicted octanol–water partition coefficient (Wildman–Crippen LogP) is 0.139. The first-order chi connectivity index (χ1) is 9.99. The molecule has 0 unspecified atom stereocenters. The lowest BCUT2D eigenvalue weighted by Gasteiger charge is -2.16. The van der Waals surface area contributed by atoms with Gasteiger partial charge in [0.1, 0.15) is 0 Å². The SMILES string of the molecule is C/C(=N/NC(=O)C(N)=O)c1cccc(N2CCCC2=O)c1. The second-order valence-electron chi connectivity index (χ2n) is 4.70. The van der Waals surface area contributed by atoms with Gasteiger partial charge in [0.25, 0.3) is 0 Å². The van der Waals surface area contributed by atoms with E-state index >= 15 is 0 Å². The highest BCUT2D eigenvalue weighted by Crippen LogP contribution is 2.22. The van der Waals surface area contributed by atoms with Gasteiger partial charge in [0.05, 0.1) is 5.71 Å². The Kier molecular flexibility index (Phi) is 4.32. The molecule has 1 aliphatic heterocycles. The number of anilines is 1. The monoisotopic (exact) mass is 288 g/mol. The molecule has 21 heavy (non-hydrogen) atoms. The number of nitrogens with two attached hydrogens (primary N) is 1. The maximum Gasteiger partial charge on any atom is 0.329 e. The second-order valence-corrected chi connectivity index (χ2v) is 4.70. The minimum Gasteiger partial charge on any atom is -0.361 e. The van der Waals surface area contributed by atoms with Crippen LogP contribution in [-0.2, 0) is 14.4 Å². The molecule has 0 atom stereocenters. The van der Waals surface area contributed by atoms with Gasteiger partial charge in [-0.1, -0.05) is 12.1 Å². The van der Waals surface area contributed by atoms with Crippen molar-refractivity contribution < 1.29 is 14.4 Å². The molecule has 0 aliphatic carbocycles. The molecule has 0 radical (unpaired) electrons. The first kappa shape index (κ1) is 14.7. The van der Waals surface area contributed by atoms with Crippen molar-refractivity contribution in [3.05, 3.63) is 29.8 Å². The van der Waals surface area contributed by atoms with Crippen molar-refractivity contribution >= 4 is 29.1 Å². The van der Waals surface area contributed by atoms with Gasteiger partial charge >= 0.3 is 11.8 Å². The lowest BCUT2D eigenvalue weighted by Crippen LogP contribution is -2.33. The fourth-order valence-corrected chi connectivity index (χ4v) is 2.07. The van der Waals surface area contributed by atoms with Gasteiger partial charge in [-0.25, -0.2) is 5.43 Å². The molecule has 1 fully saturated rings. The van der Waals surface area contributed by atoms with Gasteiger partial charge in [-0.2, -0.15) is 5.10 Å². The van der Waals surface area contributed by atoms with Crippen LogP contribution in [0.15, 0.2) is 29.4 Å². The molecule has 1 aliphatic rings. The van der Waals surface area contributed by atoms with E-state index in [2.05, 4.69) is 10.5 Å². The third-order valence-corrected chi connectivity index (χ3v) is 3.20. The smallest absolute Gasteiger partial charge is 0.329 e. The summed E-state index contributed by atoms with van der Waals surface area (Å²) < 4.78 is 0. The topological polar surface area (TPSA) is 105 Å². The summed E-state index contributed by atoms with van der Waals surface area (Å²) in [5, 5.41) is 3.82. The molecule has 3 N–H and O–H groups in total. The number of rotatable bonds is 3. The summed E-state index contributed by atoms with van der Waals surface area (Å²) >= 11 is 0. The number of primary amides is 1. The Morgan fingerprint density at radius 3 is 2.76 bits per heavy atom. The number of benzene rings is 1. The highest BCUT2D eigenvalue weighted by atomic mass is 16.2. The van der Waals surface area contributed by atoms with E-state index in [4.69, 9.17) is 5.73 Å². The third-order valence-electron chi connectivity index (χ3n) is 3.20. The quantitative estimate of drug-likeness (QED) is 0.469. The van der Waals surface area contributed by atoms with Crippen molar-refractivity contribution in [2.75, 3.05) is 11.4 Å². The number of hydrogen-bond acceptors (Lipinski definition) is 4. The molecule has 0 saturated carbocycles. The van der Waals surface area contributed by atoms with Crippen molar-refractivity contribution in [2.24, 2.45) is 10.8 Å². The molecule has 0 aromatic heterocycles. The predicted molar refractivity (Wildman–Crippen MR) is 77.6 cm³/mol. The Bertz CT molecular complexity index is 624. The minimum atomic E-state index is -1.09. The Hall–Kier alpha value is -2.70. The van der Waals surface area contributed by atoms with E-state index in [1.807, 2.05) is 18.2 Å². The van der Waals surface area contributed by atoms with E-state index in [9.17, 15) is 14.4 Å². The van der Waals surface area contributed by atoms with Gasteiger partial charge in [0.15, 0.2) is 0 Å². The third kappa shape index (κ3) is 3.44. The molecule has 1 aromatic carbocycles. The van der Waals surface area contributed by atoms with E-state index in [0.717, 1.165) is 17.7 Å². The molecule has 0 bridgehead atoms. The zero-order chi connectivity index (χ0) is 15.4. The van der Waals surface area contributed by atoms with Gasteiger partial charge in [-0.15, -0.1) is 0 Å². The van der Waals surface area contributed by atoms with Gasteiger partial charge in [0.2, 0.25) is 5.91 Å². The molecule has 3 amide bonds. The standard InChI is InChI=1S/C14H16N4O3/c1-9(16-17-14(21)13(15)20)10-4-2-5-11(8-10)18-7-3-6-12(18)19/h2,4-5,8H,3,6-7H2,1H3,(H2,15,20)(H,17,21)/b16-9-. The Balaban J connectivity index is 2.16. The summed E-state index contributed by atoms with van der Waals surface area (Å²) in [7, 11) is 0. The van der Waals surface area contributed by atoms with E-state index in [1.54, 1.807) is 17.9 Å². The van der Waals surface area contributed by atoms with Crippen LogP contribution in [0.4, 0.5) is 5.69 Å². The zero-order valence-corrected chi connectivity index (χ0v) is 11.6. The maximum absolute atomic E-state index is 11.7. The molecule has 0 spiro atoms. The van der Waals surface area contributed by atoms with E-state index in [1.165, 1.54) is 0 Å². The van der Waals surface area contributed by atoms with Crippen molar-refractivity contribution in [3.63, 3.8) is 0 Å². The molecule has 2 rings (SSSR count). The summed E-state index contributed by atoms with van der Waals surface area (Å²) in [6.45, 7) is 2.39. The Morgan fingerprint density at radius 1 is 1.38 bits per heavy atom. The van der Waals surface area contributed by atoms with Crippen LogP contribution in [0, 0.1) is 0 Å². The number of carbonyl (C=O) groups excluding carboxylic acids is 3. The van der Waals surface area contributed by atoms with Crippen molar-refractivity contribution in [3.8, 4) is 0 Å². The fourth-order valence-electron chi connectivity index (χ4n) is 2.07. The Labute approximate surface area is 121 Å². The molecule has 1 heterocycles. The molecule has 1 aromatic rings. The van der Waals surface area contributed by atoms with Crippen LogP contribution < -0.4 is 16.1 Å². The largest absolute Gasteiger partial charge is 0.361 e. The number of hydrazone groups is 1. The average Bonchev–Trinajstić information content (AvgIpc) is 2.90. The highest BCUT2D eigenvalue weighted by Gasteiger charge is 2.21. The van der Waals surface area contributed by atoms with Crippen LogP contribution in [0.25, 0.3) is 0 Å². The molecular weight excluding hydrogens is 272 g/mol. The van der Waals surface area contributed by atoms with Crippen molar-refractivity contribution in [2.45, 2.75) is 19.8 Å². The van der Waals surface area contributed by atoms with Crippen LogP contribution in [0.3, 0.4) is 0 Å². The van der Waals surface area contributed by atoms with Crippen LogP contribution in [0.1, 0.15) is 25.3 Å². The molecule has 110 valence electrons. The first-order valence-corrected chi connectivity index (χ1v) is 6.54. The van der Waals surface area contributed by atoms with E-state index in [0.29, 0.717) is 18.7 Å². The number of nitrogens with zero attached hydrogens (tertiary/aromatic N) is 2. The lowest BCUT2D eigenvalue weighted by atomic mass is 10.1. The number of nitrogens with one attached hydrogen (secondary N) is 1. The van der Waals surface area contributed by atoms with Gasteiger partial charge < -0.3 is 10.6 Å². The van der Waals surface area contributed by atoms with Crippen LogP contribution in [-0.4, -0.2) is 30.0 Å². The number of carbonyl (C=O) groups is 3. The van der Waals surface area contributed by atoms with Crippen LogP contribution >= 0.6 is 0 Å². The zero-order valence-electron chi connectivity index (χ0n) is 11.6. The molecule has 7 heteroatoms. The Morgan fingerprint density at radius 2 is 2.14 bits per heavy atom. The maximum atomic E-state index is 11.7. The average molecular weight is 288 g/mol. The van der Waals surface area contributed by atoms with Crippen LogP contribution in [0.5, 0.6) is 0 Å². The van der Waals surface area contributed by atoms with Crippen LogP contribution in [0.2, 0.25) is 0 Å². The van der Waals surface area contributed by atoms with Gasteiger partial charge in [-0.3, -0.25) is 14.4 Å². The normalized spacial score (nSPS) is 15.2. The van der Waals surface area contributed by atoms with E-state index in [-0.39, 0.29) is 5.91 Å². The fraction of sp³-hybridized carbons (Fsp3) is 0.286. The summed E-state index contributed by atoms with van der Waals surface area (Å²) in [4.78, 5) is 35.1. The summed E-state index contributed by atoms with van der Waals surface area (Å²) in [6, 6.07) is 7.28. The van der Waals surface area contributed by atoms with Gasteiger partial charge in [0, 0.05) is 18.7 Å². The number of hydrogen-bond donors (Lipinski definition) is 2. The molecule has 7 nitrogen and oxygen atoms in total. The molecular formula is C14H16N4O3.